The summed E-state index contributed by atoms with van der Waals surface area (Å²) in [5.74, 6) is 0.117. The molecule has 1 aromatic carbocycles. The van der Waals surface area contributed by atoms with Crippen molar-refractivity contribution in [3.63, 3.8) is 0 Å². The average molecular weight is 259 g/mol. The molecule has 1 aliphatic rings. The number of furan rings is 1. The lowest BCUT2D eigenvalue weighted by atomic mass is 10.1. The zero-order valence-electron chi connectivity index (χ0n) is 10.8. The molecule has 19 heavy (non-hydrogen) atoms. The third kappa shape index (κ3) is 2.69. The lowest BCUT2D eigenvalue weighted by molar-refractivity contribution is 0.0923. The van der Waals surface area contributed by atoms with Gasteiger partial charge in [-0.15, -0.1) is 0 Å². The molecule has 1 aromatic heterocycles. The summed E-state index contributed by atoms with van der Waals surface area (Å²) in [6.45, 7) is 3.68. The molecule has 0 radical (unpaired) electrons. The Morgan fingerprint density at radius 2 is 2.11 bits per heavy atom. The molecule has 2 heterocycles. The van der Waals surface area contributed by atoms with Crippen molar-refractivity contribution in [1.82, 2.24) is 4.90 Å². The predicted molar refractivity (Wildman–Crippen MR) is 72.4 cm³/mol. The third-order valence-corrected chi connectivity index (χ3v) is 3.46. The number of nitrogens with zero attached hydrogens (tertiary/aromatic N) is 1. The lowest BCUT2D eigenvalue weighted by Gasteiger charge is -2.17. The molecule has 1 saturated heterocycles. The van der Waals surface area contributed by atoms with Crippen LogP contribution in [0.3, 0.4) is 0 Å². The number of ether oxygens (including phenoxy) is 1. The fourth-order valence-electron chi connectivity index (χ4n) is 2.44. The summed E-state index contributed by atoms with van der Waals surface area (Å²) >= 11 is 0. The van der Waals surface area contributed by atoms with Gasteiger partial charge in [-0.1, -0.05) is 18.2 Å². The average Bonchev–Trinajstić information content (AvgIpc) is 2.70. The highest BCUT2D eigenvalue weighted by Gasteiger charge is 2.18. The van der Waals surface area contributed by atoms with Crippen molar-refractivity contribution in [2.75, 3.05) is 32.8 Å². The number of hydrogen-bond acceptors (Lipinski definition) is 4. The number of benzene rings is 1. The second-order valence-corrected chi connectivity index (χ2v) is 4.81. The molecule has 1 fully saturated rings. The van der Waals surface area contributed by atoms with Crippen molar-refractivity contribution in [3.05, 3.63) is 36.1 Å². The van der Waals surface area contributed by atoms with Gasteiger partial charge in [0.1, 0.15) is 11.8 Å². The summed E-state index contributed by atoms with van der Waals surface area (Å²) in [6.07, 6.45) is 2.56. The number of carbonyl (C=O) groups excluding carboxylic acids is 1. The summed E-state index contributed by atoms with van der Waals surface area (Å²) in [5, 5.41) is 0.901. The smallest absolute Gasteiger partial charge is 0.180 e. The van der Waals surface area contributed by atoms with Gasteiger partial charge in [0.2, 0.25) is 0 Å². The summed E-state index contributed by atoms with van der Waals surface area (Å²) in [6, 6.07) is 7.64. The molecule has 3 rings (SSSR count). The molecule has 0 spiro atoms. The van der Waals surface area contributed by atoms with Gasteiger partial charge in [0.15, 0.2) is 5.78 Å². The largest absolute Gasteiger partial charge is 0.464 e. The van der Waals surface area contributed by atoms with E-state index < -0.39 is 0 Å². The second-order valence-electron chi connectivity index (χ2n) is 4.81. The minimum atomic E-state index is 0.117. The maximum Gasteiger partial charge on any atom is 0.180 e. The van der Waals surface area contributed by atoms with Crippen molar-refractivity contribution >= 4 is 16.8 Å². The molecule has 2 aromatic rings. The minimum absolute atomic E-state index is 0.117. The van der Waals surface area contributed by atoms with Crippen LogP contribution < -0.4 is 0 Å². The van der Waals surface area contributed by atoms with Crippen LogP contribution in [-0.4, -0.2) is 43.5 Å². The number of fused-ring (bicyclic) bond motifs is 1. The number of carbonyl (C=O) groups is 1. The van der Waals surface area contributed by atoms with Crippen molar-refractivity contribution in [2.45, 2.75) is 6.42 Å². The number of Topliss-reactive ketones (excluding diaryl/α,β-unsaturated/α-hetero) is 1. The molecule has 1 aliphatic heterocycles. The Balaban J connectivity index is 1.76. The van der Waals surface area contributed by atoms with E-state index in [-0.39, 0.29) is 5.78 Å². The van der Waals surface area contributed by atoms with E-state index in [0.29, 0.717) is 18.7 Å². The van der Waals surface area contributed by atoms with Gasteiger partial charge in [-0.2, -0.15) is 0 Å². The van der Waals surface area contributed by atoms with Crippen molar-refractivity contribution in [2.24, 2.45) is 0 Å². The van der Waals surface area contributed by atoms with E-state index in [1.54, 1.807) is 6.26 Å². The molecule has 0 bridgehead atoms. The number of hydrogen-bond donors (Lipinski definition) is 0. The topological polar surface area (TPSA) is 42.7 Å². The highest BCUT2D eigenvalue weighted by molar-refractivity contribution is 6.08. The van der Waals surface area contributed by atoms with Gasteiger partial charge in [0.05, 0.1) is 18.7 Å². The van der Waals surface area contributed by atoms with Gasteiger partial charge in [-0.25, -0.2) is 0 Å². The molecule has 100 valence electrons. The quantitative estimate of drug-likeness (QED) is 0.793. The molecule has 0 saturated carbocycles. The Kier molecular flexibility index (Phi) is 3.62. The van der Waals surface area contributed by atoms with E-state index in [2.05, 4.69) is 4.90 Å². The van der Waals surface area contributed by atoms with E-state index in [9.17, 15) is 4.79 Å². The van der Waals surface area contributed by atoms with Gasteiger partial charge >= 0.3 is 0 Å². The van der Waals surface area contributed by atoms with Crippen LogP contribution in [0.1, 0.15) is 16.8 Å². The van der Waals surface area contributed by atoms with Crippen LogP contribution in [-0.2, 0) is 4.74 Å². The van der Waals surface area contributed by atoms with Crippen LogP contribution in [0.2, 0.25) is 0 Å². The van der Waals surface area contributed by atoms with E-state index in [1.807, 2.05) is 24.3 Å². The van der Waals surface area contributed by atoms with Gasteiger partial charge in [-0.05, 0) is 12.5 Å². The second kappa shape index (κ2) is 5.55. The molecule has 0 aliphatic carbocycles. The van der Waals surface area contributed by atoms with Crippen molar-refractivity contribution in [1.29, 1.82) is 0 Å². The highest BCUT2D eigenvalue weighted by Crippen LogP contribution is 2.21. The lowest BCUT2D eigenvalue weighted by Crippen LogP contribution is -2.32. The number of rotatable bonds is 3. The minimum Gasteiger partial charge on any atom is -0.464 e. The van der Waals surface area contributed by atoms with Gasteiger partial charge < -0.3 is 9.15 Å². The van der Waals surface area contributed by atoms with E-state index >= 15 is 0 Å². The normalized spacial score (nSPS) is 17.5. The Morgan fingerprint density at radius 3 is 3.05 bits per heavy atom. The molecule has 0 atom stereocenters. The van der Waals surface area contributed by atoms with E-state index in [0.717, 1.165) is 37.1 Å². The molecular weight excluding hydrogens is 242 g/mol. The zero-order chi connectivity index (χ0) is 13.1. The summed E-state index contributed by atoms with van der Waals surface area (Å²) in [4.78, 5) is 14.5. The molecule has 4 heteroatoms. The molecule has 0 unspecified atom stereocenters. The van der Waals surface area contributed by atoms with Crippen LogP contribution in [0.25, 0.3) is 11.0 Å². The zero-order valence-corrected chi connectivity index (χ0v) is 10.8. The standard InChI is InChI=1S/C15H17NO3/c17-14(10-16-6-3-8-18-9-7-16)13-11-19-15-5-2-1-4-12(13)15/h1-2,4-5,11H,3,6-10H2. The molecule has 4 nitrogen and oxygen atoms in total. The van der Waals surface area contributed by atoms with Gasteiger partial charge in [0.25, 0.3) is 0 Å². The highest BCUT2D eigenvalue weighted by atomic mass is 16.5. The van der Waals surface area contributed by atoms with Crippen LogP contribution in [0, 0.1) is 0 Å². The maximum absolute atomic E-state index is 12.4. The Labute approximate surface area is 111 Å². The van der Waals surface area contributed by atoms with Crippen molar-refractivity contribution in [3.8, 4) is 0 Å². The van der Waals surface area contributed by atoms with Gasteiger partial charge in [0, 0.05) is 25.1 Å². The van der Waals surface area contributed by atoms with Crippen LogP contribution in [0.5, 0.6) is 0 Å². The number of ketones is 1. The van der Waals surface area contributed by atoms with Crippen molar-refractivity contribution < 1.29 is 13.9 Å². The third-order valence-electron chi connectivity index (χ3n) is 3.46. The van der Waals surface area contributed by atoms with Crippen LogP contribution >= 0.6 is 0 Å². The molecule has 0 amide bonds. The SMILES string of the molecule is O=C(CN1CCCOCC1)c1coc2ccccc12. The Hall–Kier alpha value is -1.65. The fraction of sp³-hybridized carbons (Fsp3) is 0.400. The fourth-order valence-corrected chi connectivity index (χ4v) is 2.44. The van der Waals surface area contributed by atoms with E-state index in [1.165, 1.54) is 0 Å². The maximum atomic E-state index is 12.4. The molecule has 0 N–H and O–H groups in total. The van der Waals surface area contributed by atoms with Crippen LogP contribution in [0.4, 0.5) is 0 Å². The first kappa shape index (κ1) is 12.4. The van der Waals surface area contributed by atoms with Gasteiger partial charge in [-0.3, -0.25) is 9.69 Å². The summed E-state index contributed by atoms with van der Waals surface area (Å²) in [7, 11) is 0. The number of para-hydroxylation sites is 1. The Morgan fingerprint density at radius 1 is 1.21 bits per heavy atom. The first-order chi connectivity index (χ1) is 9.34. The van der Waals surface area contributed by atoms with Crippen LogP contribution in [0.15, 0.2) is 34.9 Å². The monoisotopic (exact) mass is 259 g/mol. The molecular formula is C15H17NO3. The predicted octanol–water partition coefficient (Wildman–Crippen LogP) is 2.34. The summed E-state index contributed by atoms with van der Waals surface area (Å²) < 4.78 is 10.8. The first-order valence-corrected chi connectivity index (χ1v) is 6.64. The Bertz CT molecular complexity index is 568. The summed E-state index contributed by atoms with van der Waals surface area (Å²) in [5.41, 5.74) is 1.45. The first-order valence-electron chi connectivity index (χ1n) is 6.64. The van der Waals surface area contributed by atoms with E-state index in [4.69, 9.17) is 9.15 Å².